The Bertz CT molecular complexity index is 734. The molecule has 9 heteroatoms. The molecule has 0 atom stereocenters. The van der Waals surface area contributed by atoms with E-state index in [2.05, 4.69) is 5.32 Å². The quantitative estimate of drug-likeness (QED) is 0.610. The van der Waals surface area contributed by atoms with Crippen LogP contribution in [0.5, 0.6) is 0 Å². The number of nitrogens with one attached hydrogen (secondary N) is 1. The molecule has 1 saturated heterocycles. The Labute approximate surface area is 156 Å². The van der Waals surface area contributed by atoms with Crippen LogP contribution in [-0.4, -0.2) is 54.6 Å². The van der Waals surface area contributed by atoms with E-state index in [1.807, 2.05) is 6.07 Å². The van der Waals surface area contributed by atoms with Crippen molar-refractivity contribution in [3.05, 3.63) is 40.7 Å². The average Bonchev–Trinajstić information content (AvgIpc) is 2.64. The van der Waals surface area contributed by atoms with Crippen LogP contribution in [0.25, 0.3) is 0 Å². The van der Waals surface area contributed by atoms with Gasteiger partial charge in [0.15, 0.2) is 5.57 Å². The minimum atomic E-state index is -0.597. The molecule has 0 unspecified atom stereocenters. The number of hydrogen-bond acceptors (Lipinski definition) is 6. The van der Waals surface area contributed by atoms with E-state index in [9.17, 15) is 14.9 Å². The van der Waals surface area contributed by atoms with Crippen LogP contribution in [0.2, 0.25) is 5.02 Å². The summed E-state index contributed by atoms with van der Waals surface area (Å²) in [6.45, 7) is 3.67. The maximum atomic E-state index is 12.4. The molecular formula is C17H20ClN5O3. The number of nitrogens with two attached hydrogens (primary N) is 1. The molecule has 8 nitrogen and oxygen atoms in total. The molecule has 2 rings (SSSR count). The van der Waals surface area contributed by atoms with Crippen LogP contribution < -0.4 is 11.1 Å². The van der Waals surface area contributed by atoms with Crippen molar-refractivity contribution in [2.45, 2.75) is 6.92 Å². The number of hydrogen-bond donors (Lipinski definition) is 2. The highest BCUT2D eigenvalue weighted by molar-refractivity contribution is 6.30. The number of benzene rings is 1. The Morgan fingerprint density at radius 2 is 1.81 bits per heavy atom. The maximum absolute atomic E-state index is 12.4. The molecule has 1 aliphatic heterocycles. The maximum Gasteiger partial charge on any atom is 0.409 e. The number of carbonyl (C=O) groups is 2. The lowest BCUT2D eigenvalue weighted by Gasteiger charge is -2.35. The minimum Gasteiger partial charge on any atom is -0.450 e. The van der Waals surface area contributed by atoms with Crippen molar-refractivity contribution in [1.82, 2.24) is 9.80 Å². The van der Waals surface area contributed by atoms with Crippen LogP contribution in [0.15, 0.2) is 35.7 Å². The Kier molecular flexibility index (Phi) is 6.69. The van der Waals surface area contributed by atoms with Crippen LogP contribution in [0, 0.1) is 11.3 Å². The molecular weight excluding hydrogens is 358 g/mol. The Morgan fingerprint density at radius 1 is 1.23 bits per heavy atom. The van der Waals surface area contributed by atoms with E-state index in [0.29, 0.717) is 43.5 Å². The standard InChI is InChI=1S/C17H20ClN5O3/c1-2-26-17(25)23-9-7-22(8-10-23)15(20)14(11-19)16(24)21-13-5-3-12(18)4-6-13/h3-6H,2,7-10,20H2,1H3,(H,21,24)/b15-14+. The lowest BCUT2D eigenvalue weighted by atomic mass is 10.2. The predicted molar refractivity (Wildman–Crippen MR) is 97.1 cm³/mol. The molecule has 0 radical (unpaired) electrons. The van der Waals surface area contributed by atoms with E-state index in [0.717, 1.165) is 0 Å². The zero-order valence-electron chi connectivity index (χ0n) is 14.4. The number of nitriles is 1. The zero-order valence-corrected chi connectivity index (χ0v) is 15.1. The summed E-state index contributed by atoms with van der Waals surface area (Å²) in [7, 11) is 0. The van der Waals surface area contributed by atoms with Crippen molar-refractivity contribution in [3.8, 4) is 6.07 Å². The van der Waals surface area contributed by atoms with Crippen molar-refractivity contribution in [1.29, 1.82) is 5.26 Å². The van der Waals surface area contributed by atoms with E-state index in [-0.39, 0.29) is 17.5 Å². The summed E-state index contributed by atoms with van der Waals surface area (Å²) in [4.78, 5) is 27.3. The summed E-state index contributed by atoms with van der Waals surface area (Å²) in [6, 6.07) is 8.37. The van der Waals surface area contributed by atoms with Crippen LogP contribution in [0.4, 0.5) is 10.5 Å². The van der Waals surface area contributed by atoms with E-state index in [4.69, 9.17) is 22.1 Å². The number of anilines is 1. The molecule has 1 aliphatic rings. The monoisotopic (exact) mass is 377 g/mol. The number of halogens is 1. The van der Waals surface area contributed by atoms with Crippen LogP contribution in [0.1, 0.15) is 6.92 Å². The van der Waals surface area contributed by atoms with Gasteiger partial charge in [-0.05, 0) is 31.2 Å². The molecule has 3 N–H and O–H groups in total. The molecule has 0 aromatic heterocycles. The third-order valence-corrected chi connectivity index (χ3v) is 4.10. The van der Waals surface area contributed by atoms with Gasteiger partial charge in [0, 0.05) is 36.9 Å². The summed E-state index contributed by atoms with van der Waals surface area (Å²) in [6.07, 6.45) is -0.379. The van der Waals surface area contributed by atoms with Gasteiger partial charge >= 0.3 is 6.09 Å². The topological polar surface area (TPSA) is 112 Å². The third kappa shape index (κ3) is 4.80. The molecule has 0 spiro atoms. The van der Waals surface area contributed by atoms with Gasteiger partial charge in [0.1, 0.15) is 11.9 Å². The van der Waals surface area contributed by atoms with Crippen molar-refractivity contribution in [2.24, 2.45) is 5.73 Å². The number of nitrogens with zero attached hydrogens (tertiary/aromatic N) is 3. The molecule has 1 aromatic carbocycles. The van der Waals surface area contributed by atoms with Crippen molar-refractivity contribution < 1.29 is 14.3 Å². The fourth-order valence-corrected chi connectivity index (χ4v) is 2.58. The van der Waals surface area contributed by atoms with Gasteiger partial charge in [-0.25, -0.2) is 4.79 Å². The first-order valence-corrected chi connectivity index (χ1v) is 8.47. The highest BCUT2D eigenvalue weighted by atomic mass is 35.5. The van der Waals surface area contributed by atoms with Gasteiger partial charge in [0.25, 0.3) is 5.91 Å². The lowest BCUT2D eigenvalue weighted by Crippen LogP contribution is -2.50. The number of ether oxygens (including phenoxy) is 1. The van der Waals surface area contributed by atoms with Gasteiger partial charge in [-0.2, -0.15) is 5.26 Å². The largest absolute Gasteiger partial charge is 0.450 e. The molecule has 138 valence electrons. The molecule has 0 aliphatic carbocycles. The summed E-state index contributed by atoms with van der Waals surface area (Å²) in [5.74, 6) is -0.511. The van der Waals surface area contributed by atoms with Crippen molar-refractivity contribution >= 4 is 29.3 Å². The van der Waals surface area contributed by atoms with E-state index in [1.165, 1.54) is 0 Å². The SMILES string of the molecule is CCOC(=O)N1CCN(/C(N)=C(\C#N)C(=O)Nc2ccc(Cl)cc2)CC1. The third-order valence-electron chi connectivity index (χ3n) is 3.84. The molecule has 1 aromatic rings. The molecule has 0 bridgehead atoms. The highest BCUT2D eigenvalue weighted by Crippen LogP contribution is 2.16. The zero-order chi connectivity index (χ0) is 19.1. The van der Waals surface area contributed by atoms with Gasteiger partial charge < -0.3 is 25.6 Å². The first kappa shape index (κ1) is 19.4. The number of carbonyl (C=O) groups excluding carboxylic acids is 2. The number of rotatable bonds is 4. The van der Waals surface area contributed by atoms with Gasteiger partial charge in [-0.15, -0.1) is 0 Å². The predicted octanol–water partition coefficient (Wildman–Crippen LogP) is 1.75. The van der Waals surface area contributed by atoms with Crippen molar-refractivity contribution in [2.75, 3.05) is 38.1 Å². The molecule has 1 heterocycles. The Morgan fingerprint density at radius 3 is 2.35 bits per heavy atom. The van der Waals surface area contributed by atoms with Gasteiger partial charge in [0.2, 0.25) is 0 Å². The fourth-order valence-electron chi connectivity index (χ4n) is 2.45. The second-order valence-corrected chi connectivity index (χ2v) is 5.94. The normalized spacial score (nSPS) is 15.0. The summed E-state index contributed by atoms with van der Waals surface area (Å²) >= 11 is 5.81. The number of amides is 2. The molecule has 2 amide bonds. The summed E-state index contributed by atoms with van der Waals surface area (Å²) in [5.41, 5.74) is 6.36. The Balaban J connectivity index is 2.04. The Hall–Kier alpha value is -2.92. The van der Waals surface area contributed by atoms with Crippen LogP contribution in [0.3, 0.4) is 0 Å². The minimum absolute atomic E-state index is 0.0856. The van der Waals surface area contributed by atoms with Gasteiger partial charge in [-0.3, -0.25) is 4.79 Å². The molecule has 0 saturated carbocycles. The molecule has 26 heavy (non-hydrogen) atoms. The smallest absolute Gasteiger partial charge is 0.409 e. The highest BCUT2D eigenvalue weighted by Gasteiger charge is 2.25. The van der Waals surface area contributed by atoms with Crippen molar-refractivity contribution in [3.63, 3.8) is 0 Å². The fraction of sp³-hybridized carbons (Fsp3) is 0.353. The lowest BCUT2D eigenvalue weighted by molar-refractivity contribution is -0.112. The first-order valence-electron chi connectivity index (χ1n) is 8.09. The average molecular weight is 378 g/mol. The van der Waals surface area contributed by atoms with Gasteiger partial charge in [0.05, 0.1) is 6.61 Å². The molecule has 1 fully saturated rings. The van der Waals surface area contributed by atoms with Crippen LogP contribution in [-0.2, 0) is 9.53 Å². The second-order valence-electron chi connectivity index (χ2n) is 5.51. The van der Waals surface area contributed by atoms with E-state index < -0.39 is 5.91 Å². The summed E-state index contributed by atoms with van der Waals surface area (Å²) in [5, 5.41) is 12.5. The second kappa shape index (κ2) is 8.97. The van der Waals surface area contributed by atoms with Gasteiger partial charge in [-0.1, -0.05) is 11.6 Å². The summed E-state index contributed by atoms with van der Waals surface area (Å²) < 4.78 is 4.96. The first-order chi connectivity index (χ1) is 12.5. The van der Waals surface area contributed by atoms with Crippen LogP contribution >= 0.6 is 11.6 Å². The van der Waals surface area contributed by atoms with E-state index in [1.54, 1.807) is 41.0 Å². The van der Waals surface area contributed by atoms with E-state index >= 15 is 0 Å². The number of piperazine rings is 1.